The van der Waals surface area contributed by atoms with Gasteiger partial charge >= 0.3 is 0 Å². The number of hydrogen-bond donors (Lipinski definition) is 3. The average molecular weight is 456 g/mol. The second-order valence-electron chi connectivity index (χ2n) is 8.71. The molecular formula is C29H29NO4. The minimum atomic E-state index is 0.186. The van der Waals surface area contributed by atoms with Crippen molar-refractivity contribution in [2.45, 2.75) is 34.6 Å². The van der Waals surface area contributed by atoms with Crippen molar-refractivity contribution in [1.29, 1.82) is 0 Å². The first kappa shape index (κ1) is 23.1. The summed E-state index contributed by atoms with van der Waals surface area (Å²) in [5.41, 5.74) is 7.08. The van der Waals surface area contributed by atoms with Crippen LogP contribution in [0.2, 0.25) is 0 Å². The summed E-state index contributed by atoms with van der Waals surface area (Å²) in [6.45, 7) is 9.75. The van der Waals surface area contributed by atoms with E-state index in [1.807, 2.05) is 58.9 Å². The van der Waals surface area contributed by atoms with Crippen molar-refractivity contribution < 1.29 is 20.1 Å². The molecule has 0 saturated heterocycles. The van der Waals surface area contributed by atoms with E-state index in [1.165, 1.54) is 0 Å². The molecule has 34 heavy (non-hydrogen) atoms. The smallest absolute Gasteiger partial charge is 0.151 e. The normalized spacial score (nSPS) is 10.9. The van der Waals surface area contributed by atoms with Crippen LogP contribution in [-0.2, 0) is 0 Å². The quantitative estimate of drug-likeness (QED) is 0.289. The van der Waals surface area contributed by atoms with Gasteiger partial charge in [-0.15, -0.1) is 0 Å². The topological polar surface area (TPSA) is 73.2 Å². The van der Waals surface area contributed by atoms with Gasteiger partial charge in [-0.05, 0) is 117 Å². The maximum absolute atomic E-state index is 10.2. The van der Waals surface area contributed by atoms with Gasteiger partial charge in [-0.2, -0.15) is 0 Å². The number of phenolic OH excluding ortho intramolecular Hbond substituents is 3. The van der Waals surface area contributed by atoms with Crippen molar-refractivity contribution in [3.8, 4) is 28.7 Å². The number of hydrogen-bond acceptors (Lipinski definition) is 5. The van der Waals surface area contributed by atoms with Crippen LogP contribution in [0.3, 0.4) is 0 Å². The third-order valence-corrected chi connectivity index (χ3v) is 5.88. The van der Waals surface area contributed by atoms with Crippen molar-refractivity contribution in [2.24, 2.45) is 0 Å². The summed E-state index contributed by atoms with van der Waals surface area (Å²) in [4.78, 5) is 2.12. The Morgan fingerprint density at radius 3 is 1.50 bits per heavy atom. The van der Waals surface area contributed by atoms with E-state index < -0.39 is 0 Å². The molecule has 174 valence electrons. The Labute approximate surface area is 200 Å². The van der Waals surface area contributed by atoms with Gasteiger partial charge in [-0.25, -0.2) is 0 Å². The summed E-state index contributed by atoms with van der Waals surface area (Å²) < 4.78 is 6.37. The first-order valence-corrected chi connectivity index (χ1v) is 11.1. The molecule has 0 spiro atoms. The van der Waals surface area contributed by atoms with Gasteiger partial charge in [-0.1, -0.05) is 12.1 Å². The number of phenols is 3. The standard InChI is InChI=1S/C29H29NO4/c1-17-12-22(31)10-11-26(17)34-27-9-7-6-8-25(27)30(28-18(2)13-23(32)14-19(28)3)29-20(4)15-24(33)16-21(29)5/h6-16,31-33H,1-5H3. The van der Waals surface area contributed by atoms with E-state index in [2.05, 4.69) is 4.90 Å². The Bertz CT molecular complexity index is 1270. The van der Waals surface area contributed by atoms with Crippen molar-refractivity contribution in [2.75, 3.05) is 4.90 Å². The van der Waals surface area contributed by atoms with Gasteiger partial charge in [0.25, 0.3) is 0 Å². The molecule has 4 aromatic carbocycles. The first-order chi connectivity index (χ1) is 16.2. The molecule has 0 saturated carbocycles. The fourth-order valence-corrected chi connectivity index (χ4v) is 4.52. The molecule has 0 aliphatic carbocycles. The fraction of sp³-hybridized carbons (Fsp3) is 0.172. The molecule has 0 amide bonds. The lowest BCUT2D eigenvalue weighted by atomic mass is 10.0. The zero-order chi connectivity index (χ0) is 24.6. The van der Waals surface area contributed by atoms with Gasteiger partial charge in [0.2, 0.25) is 0 Å². The van der Waals surface area contributed by atoms with Crippen LogP contribution < -0.4 is 9.64 Å². The molecular weight excluding hydrogens is 426 g/mol. The second kappa shape index (κ2) is 9.02. The number of nitrogens with zero attached hydrogens (tertiary/aromatic N) is 1. The summed E-state index contributed by atoms with van der Waals surface area (Å²) in [6, 6.07) is 19.8. The van der Waals surface area contributed by atoms with E-state index in [-0.39, 0.29) is 17.2 Å². The summed E-state index contributed by atoms with van der Waals surface area (Å²) in [7, 11) is 0. The highest BCUT2D eigenvalue weighted by atomic mass is 16.5. The van der Waals surface area contributed by atoms with E-state index in [0.717, 1.165) is 44.9 Å². The maximum atomic E-state index is 10.2. The number of ether oxygens (including phenoxy) is 1. The number of rotatable bonds is 5. The summed E-state index contributed by atoms with van der Waals surface area (Å²) in [5.74, 6) is 1.88. The van der Waals surface area contributed by atoms with Gasteiger partial charge in [0.05, 0.1) is 17.1 Å². The Morgan fingerprint density at radius 1 is 0.529 bits per heavy atom. The lowest BCUT2D eigenvalue weighted by molar-refractivity contribution is 0.462. The van der Waals surface area contributed by atoms with Crippen molar-refractivity contribution in [3.63, 3.8) is 0 Å². The highest BCUT2D eigenvalue weighted by Crippen LogP contribution is 2.47. The molecule has 0 radical (unpaired) electrons. The van der Waals surface area contributed by atoms with Crippen LogP contribution in [0.4, 0.5) is 17.1 Å². The number of benzene rings is 4. The molecule has 0 heterocycles. The predicted octanol–water partition coefficient (Wildman–Crippen LogP) is 7.61. The number of aromatic hydroxyl groups is 3. The van der Waals surface area contributed by atoms with Crippen LogP contribution in [-0.4, -0.2) is 15.3 Å². The molecule has 0 bridgehead atoms. The van der Waals surface area contributed by atoms with Crippen LogP contribution in [0, 0.1) is 34.6 Å². The molecule has 4 aromatic rings. The van der Waals surface area contributed by atoms with Gasteiger partial charge < -0.3 is 25.0 Å². The minimum Gasteiger partial charge on any atom is -0.508 e. The molecule has 0 aliphatic heterocycles. The van der Waals surface area contributed by atoms with Crippen molar-refractivity contribution >= 4 is 17.1 Å². The van der Waals surface area contributed by atoms with Gasteiger partial charge in [0, 0.05) is 0 Å². The van der Waals surface area contributed by atoms with E-state index in [0.29, 0.717) is 11.5 Å². The molecule has 0 fully saturated rings. The van der Waals surface area contributed by atoms with E-state index in [1.54, 1.807) is 42.5 Å². The zero-order valence-corrected chi connectivity index (χ0v) is 20.0. The molecule has 0 aliphatic rings. The summed E-state index contributed by atoms with van der Waals surface area (Å²) in [6.07, 6.45) is 0. The molecule has 5 heteroatoms. The Balaban J connectivity index is 1.99. The Hall–Kier alpha value is -4.12. The maximum Gasteiger partial charge on any atom is 0.151 e. The monoisotopic (exact) mass is 455 g/mol. The van der Waals surface area contributed by atoms with E-state index in [4.69, 9.17) is 4.74 Å². The predicted molar refractivity (Wildman–Crippen MR) is 136 cm³/mol. The van der Waals surface area contributed by atoms with Gasteiger partial charge in [-0.3, -0.25) is 0 Å². The molecule has 5 nitrogen and oxygen atoms in total. The van der Waals surface area contributed by atoms with Crippen LogP contribution in [0.5, 0.6) is 28.7 Å². The number of anilines is 3. The lowest BCUT2D eigenvalue weighted by Gasteiger charge is -2.32. The SMILES string of the molecule is Cc1cc(O)ccc1Oc1ccccc1N(c1c(C)cc(O)cc1C)c1c(C)cc(O)cc1C. The third-order valence-electron chi connectivity index (χ3n) is 5.88. The fourth-order valence-electron chi connectivity index (χ4n) is 4.52. The van der Waals surface area contributed by atoms with Crippen LogP contribution in [0.1, 0.15) is 27.8 Å². The largest absolute Gasteiger partial charge is 0.508 e. The summed E-state index contributed by atoms with van der Waals surface area (Å²) >= 11 is 0. The summed E-state index contributed by atoms with van der Waals surface area (Å²) in [5, 5.41) is 30.2. The Morgan fingerprint density at radius 2 is 1.00 bits per heavy atom. The minimum absolute atomic E-state index is 0.186. The molecule has 3 N–H and O–H groups in total. The highest BCUT2D eigenvalue weighted by Gasteiger charge is 2.24. The van der Waals surface area contributed by atoms with Crippen LogP contribution >= 0.6 is 0 Å². The van der Waals surface area contributed by atoms with Crippen molar-refractivity contribution in [1.82, 2.24) is 0 Å². The first-order valence-electron chi connectivity index (χ1n) is 11.1. The Kier molecular flexibility index (Phi) is 6.12. The second-order valence-corrected chi connectivity index (χ2v) is 8.71. The third kappa shape index (κ3) is 4.37. The van der Waals surface area contributed by atoms with Crippen LogP contribution in [0.25, 0.3) is 0 Å². The zero-order valence-electron chi connectivity index (χ0n) is 20.0. The van der Waals surface area contributed by atoms with E-state index >= 15 is 0 Å². The van der Waals surface area contributed by atoms with Crippen molar-refractivity contribution in [3.05, 3.63) is 94.5 Å². The molecule has 0 unspecified atom stereocenters. The average Bonchev–Trinajstić information content (AvgIpc) is 2.74. The number of para-hydroxylation sites is 2. The lowest BCUT2D eigenvalue weighted by Crippen LogP contribution is -2.16. The molecule has 0 atom stereocenters. The van der Waals surface area contributed by atoms with E-state index in [9.17, 15) is 15.3 Å². The molecule has 0 aromatic heterocycles. The molecule has 4 rings (SSSR count). The van der Waals surface area contributed by atoms with Crippen LogP contribution in [0.15, 0.2) is 66.7 Å². The van der Waals surface area contributed by atoms with Gasteiger partial charge in [0.15, 0.2) is 5.75 Å². The highest BCUT2D eigenvalue weighted by molar-refractivity contribution is 5.86. The van der Waals surface area contributed by atoms with Gasteiger partial charge in [0.1, 0.15) is 23.0 Å². The number of aryl methyl sites for hydroxylation is 5.